The van der Waals surface area contributed by atoms with Gasteiger partial charge in [-0.3, -0.25) is 4.79 Å². The second kappa shape index (κ2) is 7.88. The zero-order chi connectivity index (χ0) is 13.4. The van der Waals surface area contributed by atoms with Crippen LogP contribution in [0.3, 0.4) is 0 Å². The summed E-state index contributed by atoms with van der Waals surface area (Å²) in [5.74, 6) is 0.378. The van der Waals surface area contributed by atoms with Crippen molar-refractivity contribution in [1.82, 2.24) is 5.32 Å². The number of carbonyl (C=O) groups is 1. The number of carbonyl (C=O) groups excluding carboxylic acids is 1. The average molecular weight is 249 g/mol. The monoisotopic (exact) mass is 249 g/mol. The van der Waals surface area contributed by atoms with E-state index in [1.54, 1.807) is 0 Å². The van der Waals surface area contributed by atoms with Crippen LogP contribution in [0.5, 0.6) is 0 Å². The summed E-state index contributed by atoms with van der Waals surface area (Å²) in [4.78, 5) is 11.0. The summed E-state index contributed by atoms with van der Waals surface area (Å²) in [6, 6.07) is 10.7. The van der Waals surface area contributed by atoms with E-state index >= 15 is 0 Å². The van der Waals surface area contributed by atoms with Crippen LogP contribution >= 0.6 is 0 Å². The Morgan fingerprint density at radius 2 is 1.94 bits per heavy atom. The van der Waals surface area contributed by atoms with E-state index in [9.17, 15) is 4.79 Å². The van der Waals surface area contributed by atoms with Gasteiger partial charge in [0.1, 0.15) is 0 Å². The first-order valence-electron chi connectivity index (χ1n) is 6.50. The van der Waals surface area contributed by atoms with E-state index in [1.165, 1.54) is 12.7 Å². The van der Waals surface area contributed by atoms with Gasteiger partial charge in [0, 0.05) is 12.5 Å². The Morgan fingerprint density at radius 3 is 2.50 bits per heavy atom. The summed E-state index contributed by atoms with van der Waals surface area (Å²) >= 11 is 0. The van der Waals surface area contributed by atoms with Crippen molar-refractivity contribution >= 4 is 5.97 Å². The van der Waals surface area contributed by atoms with E-state index in [1.807, 2.05) is 6.07 Å². The maximum absolute atomic E-state index is 11.0. The van der Waals surface area contributed by atoms with Gasteiger partial charge >= 0.3 is 5.97 Å². The van der Waals surface area contributed by atoms with Crippen LogP contribution in [0.1, 0.15) is 38.3 Å². The van der Waals surface area contributed by atoms with E-state index in [0.717, 1.165) is 13.0 Å². The molecule has 0 radical (unpaired) electrons. The quantitative estimate of drug-likeness (QED) is 0.596. The Hall–Kier alpha value is -1.35. The minimum Gasteiger partial charge on any atom is -0.469 e. The maximum atomic E-state index is 11.0. The number of rotatable bonds is 7. The smallest absolute Gasteiger partial charge is 0.305 e. The van der Waals surface area contributed by atoms with E-state index in [-0.39, 0.29) is 5.97 Å². The second-order valence-corrected chi connectivity index (χ2v) is 4.77. The molecule has 0 heterocycles. The topological polar surface area (TPSA) is 38.3 Å². The highest BCUT2D eigenvalue weighted by molar-refractivity contribution is 5.69. The molecule has 0 aromatic heterocycles. The van der Waals surface area contributed by atoms with E-state index in [2.05, 4.69) is 48.2 Å². The van der Waals surface area contributed by atoms with Crippen LogP contribution < -0.4 is 5.32 Å². The first kappa shape index (κ1) is 14.7. The predicted molar refractivity (Wildman–Crippen MR) is 73.3 cm³/mol. The molecule has 1 unspecified atom stereocenters. The third-order valence-electron chi connectivity index (χ3n) is 2.97. The number of esters is 1. The molecular formula is C15H23NO2. The van der Waals surface area contributed by atoms with Crippen LogP contribution in [0.2, 0.25) is 0 Å². The fourth-order valence-corrected chi connectivity index (χ4v) is 1.99. The average Bonchev–Trinajstić information content (AvgIpc) is 2.38. The zero-order valence-corrected chi connectivity index (χ0v) is 11.5. The molecule has 1 rings (SSSR count). The van der Waals surface area contributed by atoms with Crippen molar-refractivity contribution in [2.75, 3.05) is 13.7 Å². The van der Waals surface area contributed by atoms with Crippen molar-refractivity contribution in [1.29, 1.82) is 0 Å². The Labute approximate surface area is 110 Å². The molecule has 100 valence electrons. The van der Waals surface area contributed by atoms with Gasteiger partial charge in [-0.2, -0.15) is 0 Å². The summed E-state index contributed by atoms with van der Waals surface area (Å²) in [5, 5.41) is 3.51. The summed E-state index contributed by atoms with van der Waals surface area (Å²) in [6.45, 7) is 5.22. The van der Waals surface area contributed by atoms with Gasteiger partial charge in [-0.15, -0.1) is 0 Å². The fraction of sp³-hybridized carbons (Fsp3) is 0.533. The molecule has 0 aliphatic rings. The summed E-state index contributed by atoms with van der Waals surface area (Å²) in [5.41, 5.74) is 1.30. The Morgan fingerprint density at radius 1 is 1.28 bits per heavy atom. The molecule has 0 amide bonds. The normalized spacial score (nSPS) is 12.4. The van der Waals surface area contributed by atoms with Crippen LogP contribution in [0.15, 0.2) is 30.3 Å². The molecule has 0 aliphatic heterocycles. The molecule has 0 bridgehead atoms. The van der Waals surface area contributed by atoms with Crippen LogP contribution in [0.4, 0.5) is 0 Å². The standard InChI is InChI=1S/C15H23NO2/c1-12(2)15(13-8-5-4-6-9-13)16-11-7-10-14(17)18-3/h4-6,8-9,12,15-16H,7,10-11H2,1-3H3. The summed E-state index contributed by atoms with van der Waals surface area (Å²) < 4.78 is 4.62. The third-order valence-corrected chi connectivity index (χ3v) is 2.97. The molecule has 0 fully saturated rings. The largest absolute Gasteiger partial charge is 0.469 e. The van der Waals surface area contributed by atoms with Gasteiger partial charge in [0.2, 0.25) is 0 Å². The number of hydrogen-bond donors (Lipinski definition) is 1. The van der Waals surface area contributed by atoms with Crippen molar-refractivity contribution in [3.8, 4) is 0 Å². The van der Waals surface area contributed by atoms with Gasteiger partial charge in [-0.1, -0.05) is 44.2 Å². The molecule has 0 aliphatic carbocycles. The Balaban J connectivity index is 2.43. The number of hydrogen-bond acceptors (Lipinski definition) is 3. The third kappa shape index (κ3) is 4.88. The van der Waals surface area contributed by atoms with Crippen molar-refractivity contribution < 1.29 is 9.53 Å². The first-order valence-corrected chi connectivity index (χ1v) is 6.50. The predicted octanol–water partition coefficient (Wildman–Crippen LogP) is 2.93. The lowest BCUT2D eigenvalue weighted by atomic mass is 9.96. The highest BCUT2D eigenvalue weighted by Gasteiger charge is 2.14. The molecule has 0 spiro atoms. The summed E-state index contributed by atoms with van der Waals surface area (Å²) in [6.07, 6.45) is 1.28. The first-order chi connectivity index (χ1) is 8.65. The highest BCUT2D eigenvalue weighted by Crippen LogP contribution is 2.21. The molecule has 1 aromatic carbocycles. The Bertz CT molecular complexity index is 349. The molecule has 0 saturated heterocycles. The van der Waals surface area contributed by atoms with Gasteiger partial charge in [-0.25, -0.2) is 0 Å². The number of nitrogens with one attached hydrogen (secondary N) is 1. The molecule has 18 heavy (non-hydrogen) atoms. The van der Waals surface area contributed by atoms with Gasteiger partial charge in [0.25, 0.3) is 0 Å². The number of methoxy groups -OCH3 is 1. The van der Waals surface area contributed by atoms with E-state index in [0.29, 0.717) is 18.4 Å². The molecule has 3 nitrogen and oxygen atoms in total. The molecule has 0 saturated carbocycles. The minimum absolute atomic E-state index is 0.141. The lowest BCUT2D eigenvalue weighted by molar-refractivity contribution is -0.140. The van der Waals surface area contributed by atoms with Crippen molar-refractivity contribution in [2.24, 2.45) is 5.92 Å². The summed E-state index contributed by atoms with van der Waals surface area (Å²) in [7, 11) is 1.43. The van der Waals surface area contributed by atoms with Crippen molar-refractivity contribution in [3.05, 3.63) is 35.9 Å². The number of benzene rings is 1. The lowest BCUT2D eigenvalue weighted by Crippen LogP contribution is -2.27. The van der Waals surface area contributed by atoms with Crippen molar-refractivity contribution in [2.45, 2.75) is 32.7 Å². The van der Waals surface area contributed by atoms with Crippen LogP contribution in [-0.2, 0) is 9.53 Å². The second-order valence-electron chi connectivity index (χ2n) is 4.77. The maximum Gasteiger partial charge on any atom is 0.305 e. The van der Waals surface area contributed by atoms with E-state index < -0.39 is 0 Å². The van der Waals surface area contributed by atoms with Crippen LogP contribution in [-0.4, -0.2) is 19.6 Å². The van der Waals surface area contributed by atoms with Crippen molar-refractivity contribution in [3.63, 3.8) is 0 Å². The SMILES string of the molecule is COC(=O)CCCNC(c1ccccc1)C(C)C. The molecule has 1 N–H and O–H groups in total. The number of ether oxygens (including phenoxy) is 1. The molecule has 1 aromatic rings. The molecule has 3 heteroatoms. The highest BCUT2D eigenvalue weighted by atomic mass is 16.5. The molecular weight excluding hydrogens is 226 g/mol. The molecule has 1 atom stereocenters. The van der Waals surface area contributed by atoms with Gasteiger partial charge < -0.3 is 10.1 Å². The van der Waals surface area contributed by atoms with Gasteiger partial charge in [-0.05, 0) is 24.4 Å². The van der Waals surface area contributed by atoms with Crippen LogP contribution in [0, 0.1) is 5.92 Å². The lowest BCUT2D eigenvalue weighted by Gasteiger charge is -2.23. The van der Waals surface area contributed by atoms with Gasteiger partial charge in [0.05, 0.1) is 7.11 Å². The zero-order valence-electron chi connectivity index (χ0n) is 11.5. The minimum atomic E-state index is -0.141. The van der Waals surface area contributed by atoms with E-state index in [4.69, 9.17) is 0 Å². The fourth-order valence-electron chi connectivity index (χ4n) is 1.99. The van der Waals surface area contributed by atoms with Gasteiger partial charge in [0.15, 0.2) is 0 Å². The Kier molecular flexibility index (Phi) is 6.44. The van der Waals surface area contributed by atoms with Crippen LogP contribution in [0.25, 0.3) is 0 Å².